The monoisotopic (exact) mass is 349 g/mol. The van der Waals surface area contributed by atoms with Gasteiger partial charge in [0.05, 0.1) is 16.6 Å². The third kappa shape index (κ3) is 2.84. The fourth-order valence-electron chi connectivity index (χ4n) is 2.92. The van der Waals surface area contributed by atoms with Crippen LogP contribution in [0.25, 0.3) is 32.9 Å². The molecular weight excluding hydrogens is 334 g/mol. The Labute approximate surface area is 147 Å². The molecule has 0 aliphatic heterocycles. The van der Waals surface area contributed by atoms with Crippen LogP contribution in [0.4, 0.5) is 0 Å². The van der Waals surface area contributed by atoms with Crippen molar-refractivity contribution in [3.05, 3.63) is 69.5 Å². The topological polar surface area (TPSA) is 97.1 Å². The van der Waals surface area contributed by atoms with Crippen LogP contribution in [-0.2, 0) is 4.74 Å². The van der Waals surface area contributed by atoms with Gasteiger partial charge in [0.2, 0.25) is 0 Å². The van der Waals surface area contributed by atoms with Gasteiger partial charge >= 0.3 is 5.69 Å². The van der Waals surface area contributed by atoms with Crippen LogP contribution in [0.15, 0.2) is 58.3 Å². The second-order valence-electron chi connectivity index (χ2n) is 5.77. The first-order chi connectivity index (χ1) is 12.7. The molecule has 0 radical (unpaired) electrons. The summed E-state index contributed by atoms with van der Waals surface area (Å²) in [6.07, 6.45) is 1.46. The summed E-state index contributed by atoms with van der Waals surface area (Å²) in [6.45, 7) is 0.131. The lowest BCUT2D eigenvalue weighted by Gasteiger charge is -2.11. The molecule has 0 amide bonds. The second-order valence-corrected chi connectivity index (χ2v) is 5.77. The predicted octanol–water partition coefficient (Wildman–Crippen LogP) is 2.41. The molecule has 2 heterocycles. The number of aromatic amines is 2. The first kappa shape index (κ1) is 16.0. The number of pyridine rings is 1. The van der Waals surface area contributed by atoms with Gasteiger partial charge in [0, 0.05) is 18.9 Å². The first-order valence-electron chi connectivity index (χ1n) is 7.93. The van der Waals surface area contributed by atoms with E-state index in [4.69, 9.17) is 9.47 Å². The van der Waals surface area contributed by atoms with Crippen molar-refractivity contribution in [2.75, 3.05) is 13.9 Å². The van der Waals surface area contributed by atoms with Crippen molar-refractivity contribution in [1.29, 1.82) is 0 Å². The van der Waals surface area contributed by atoms with Gasteiger partial charge in [-0.2, -0.15) is 0 Å². The van der Waals surface area contributed by atoms with E-state index in [1.54, 1.807) is 13.2 Å². The van der Waals surface area contributed by atoms with Gasteiger partial charge in [0.1, 0.15) is 5.75 Å². The maximum absolute atomic E-state index is 11.9. The lowest BCUT2D eigenvalue weighted by molar-refractivity contribution is 0.0512. The second kappa shape index (κ2) is 6.45. The molecule has 0 atom stereocenters. The number of aromatic nitrogens is 3. The van der Waals surface area contributed by atoms with Gasteiger partial charge in [-0.05, 0) is 29.0 Å². The molecule has 7 nitrogen and oxygen atoms in total. The summed E-state index contributed by atoms with van der Waals surface area (Å²) in [5, 5.41) is 2.29. The molecule has 0 saturated heterocycles. The SMILES string of the molecule is COCOc1cc(-c2cc3[nH]c(=O)[nH]c(=O)c3cn2)c2ccccc2c1. The van der Waals surface area contributed by atoms with E-state index in [1.807, 2.05) is 36.4 Å². The molecule has 4 aromatic rings. The van der Waals surface area contributed by atoms with Crippen molar-refractivity contribution >= 4 is 21.7 Å². The van der Waals surface area contributed by atoms with Crippen LogP contribution in [0.2, 0.25) is 0 Å². The lowest BCUT2D eigenvalue weighted by Crippen LogP contribution is -2.21. The number of nitrogens with zero attached hydrogens (tertiary/aromatic N) is 1. The minimum absolute atomic E-state index is 0.131. The molecule has 4 rings (SSSR count). The Kier molecular flexibility index (Phi) is 3.98. The number of H-pyrrole nitrogens is 2. The summed E-state index contributed by atoms with van der Waals surface area (Å²) < 4.78 is 10.6. The van der Waals surface area contributed by atoms with Gasteiger partial charge < -0.3 is 14.5 Å². The molecule has 2 N–H and O–H groups in total. The van der Waals surface area contributed by atoms with Gasteiger partial charge in [-0.25, -0.2) is 4.79 Å². The quantitative estimate of drug-likeness (QED) is 0.552. The van der Waals surface area contributed by atoms with E-state index in [-0.39, 0.29) is 6.79 Å². The highest BCUT2D eigenvalue weighted by molar-refractivity contribution is 5.98. The van der Waals surface area contributed by atoms with E-state index >= 15 is 0 Å². The van der Waals surface area contributed by atoms with Gasteiger partial charge in [0.15, 0.2) is 6.79 Å². The number of hydrogen-bond acceptors (Lipinski definition) is 5. The molecule has 0 unspecified atom stereocenters. The van der Waals surface area contributed by atoms with Gasteiger partial charge in [-0.15, -0.1) is 0 Å². The van der Waals surface area contributed by atoms with E-state index < -0.39 is 11.2 Å². The molecule has 0 bridgehead atoms. The standard InChI is InChI=1S/C19H15N3O4/c1-25-10-26-12-6-11-4-2-3-5-13(11)14(7-12)16-8-17-15(9-20-16)18(23)22-19(24)21-17/h2-9H,10H2,1H3,(H2,21,22,23,24). The van der Waals surface area contributed by atoms with Crippen molar-refractivity contribution in [2.24, 2.45) is 0 Å². The summed E-state index contributed by atoms with van der Waals surface area (Å²) >= 11 is 0. The fourth-order valence-corrected chi connectivity index (χ4v) is 2.92. The van der Waals surface area contributed by atoms with E-state index in [9.17, 15) is 9.59 Å². The van der Waals surface area contributed by atoms with Crippen LogP contribution in [0.3, 0.4) is 0 Å². The number of hydrogen-bond donors (Lipinski definition) is 2. The Bertz CT molecular complexity index is 1230. The molecule has 0 fully saturated rings. The van der Waals surface area contributed by atoms with Gasteiger partial charge in [-0.1, -0.05) is 24.3 Å². The summed E-state index contributed by atoms with van der Waals surface area (Å²) in [5.41, 5.74) is 0.859. The van der Waals surface area contributed by atoms with E-state index in [2.05, 4.69) is 15.0 Å². The van der Waals surface area contributed by atoms with Crippen LogP contribution in [0, 0.1) is 0 Å². The van der Waals surface area contributed by atoms with Crippen LogP contribution in [0.5, 0.6) is 5.75 Å². The molecule has 26 heavy (non-hydrogen) atoms. The molecule has 130 valence electrons. The number of fused-ring (bicyclic) bond motifs is 2. The Morgan fingerprint density at radius 1 is 1.04 bits per heavy atom. The van der Waals surface area contributed by atoms with E-state index in [0.29, 0.717) is 22.3 Å². The smallest absolute Gasteiger partial charge is 0.326 e. The number of nitrogens with one attached hydrogen (secondary N) is 2. The van der Waals surface area contributed by atoms with Crippen LogP contribution < -0.4 is 16.0 Å². The first-order valence-corrected chi connectivity index (χ1v) is 7.93. The van der Waals surface area contributed by atoms with E-state index in [0.717, 1.165) is 16.3 Å². The molecule has 2 aromatic carbocycles. The van der Waals surface area contributed by atoms with Gasteiger partial charge in [0.25, 0.3) is 5.56 Å². The summed E-state index contributed by atoms with van der Waals surface area (Å²) in [4.78, 5) is 32.7. The predicted molar refractivity (Wildman–Crippen MR) is 98.4 cm³/mol. The highest BCUT2D eigenvalue weighted by Crippen LogP contribution is 2.32. The Morgan fingerprint density at radius 3 is 2.73 bits per heavy atom. The normalized spacial score (nSPS) is 11.1. The minimum atomic E-state index is -0.554. The van der Waals surface area contributed by atoms with Crippen molar-refractivity contribution in [2.45, 2.75) is 0 Å². The highest BCUT2D eigenvalue weighted by atomic mass is 16.7. The van der Waals surface area contributed by atoms with E-state index in [1.165, 1.54) is 6.20 Å². The number of benzene rings is 2. The van der Waals surface area contributed by atoms with Crippen molar-refractivity contribution in [1.82, 2.24) is 15.0 Å². The Morgan fingerprint density at radius 2 is 1.88 bits per heavy atom. The molecular formula is C19H15N3O4. The maximum Gasteiger partial charge on any atom is 0.326 e. The third-order valence-electron chi connectivity index (χ3n) is 4.08. The number of rotatable bonds is 4. The molecule has 0 saturated carbocycles. The molecule has 0 aliphatic carbocycles. The Balaban J connectivity index is 1.96. The average molecular weight is 349 g/mol. The molecule has 2 aromatic heterocycles. The van der Waals surface area contributed by atoms with Crippen molar-refractivity contribution < 1.29 is 9.47 Å². The zero-order valence-corrected chi connectivity index (χ0v) is 13.9. The minimum Gasteiger partial charge on any atom is -0.468 e. The maximum atomic E-state index is 11.9. The zero-order chi connectivity index (χ0) is 18.1. The van der Waals surface area contributed by atoms with Gasteiger partial charge in [-0.3, -0.25) is 14.8 Å². The highest BCUT2D eigenvalue weighted by Gasteiger charge is 2.11. The third-order valence-corrected chi connectivity index (χ3v) is 4.08. The summed E-state index contributed by atoms with van der Waals surface area (Å²) in [6, 6.07) is 13.3. The number of methoxy groups -OCH3 is 1. The fraction of sp³-hybridized carbons (Fsp3) is 0.105. The zero-order valence-electron chi connectivity index (χ0n) is 13.9. The van der Waals surface area contributed by atoms with Crippen molar-refractivity contribution in [3.8, 4) is 17.0 Å². The lowest BCUT2D eigenvalue weighted by atomic mass is 10.0. The van der Waals surface area contributed by atoms with Crippen LogP contribution in [-0.4, -0.2) is 28.9 Å². The molecule has 7 heteroatoms. The average Bonchev–Trinajstić information content (AvgIpc) is 2.65. The summed E-state index contributed by atoms with van der Waals surface area (Å²) in [5.74, 6) is 0.641. The summed E-state index contributed by atoms with van der Waals surface area (Å²) in [7, 11) is 1.56. The van der Waals surface area contributed by atoms with Crippen LogP contribution >= 0.6 is 0 Å². The largest absolute Gasteiger partial charge is 0.468 e. The Hall–Kier alpha value is -3.45. The number of ether oxygens (including phenoxy) is 2. The molecule has 0 aliphatic rings. The molecule has 0 spiro atoms. The van der Waals surface area contributed by atoms with Crippen LogP contribution in [0.1, 0.15) is 0 Å². The van der Waals surface area contributed by atoms with Crippen molar-refractivity contribution in [3.63, 3.8) is 0 Å².